The molecule has 3 amide bonds. The summed E-state index contributed by atoms with van der Waals surface area (Å²) in [6.07, 6.45) is 0. The highest BCUT2D eigenvalue weighted by Crippen LogP contribution is 2.40. The maximum atomic E-state index is 12.4. The van der Waals surface area contributed by atoms with Crippen molar-refractivity contribution in [2.24, 2.45) is 0 Å². The number of nitriles is 1. The Morgan fingerprint density at radius 1 is 0.970 bits per heavy atom. The summed E-state index contributed by atoms with van der Waals surface area (Å²) in [7, 11) is 0. The van der Waals surface area contributed by atoms with Gasteiger partial charge in [-0.25, -0.2) is 4.79 Å². The minimum atomic E-state index is -0.717. The van der Waals surface area contributed by atoms with Crippen molar-refractivity contribution in [1.29, 1.82) is 5.26 Å². The Morgan fingerprint density at radius 2 is 1.67 bits per heavy atom. The summed E-state index contributed by atoms with van der Waals surface area (Å²) in [5.74, 6) is 0.407. The number of carbonyl (C=O) groups excluding carboxylic acids is 2. The van der Waals surface area contributed by atoms with Gasteiger partial charge in [-0.05, 0) is 80.3 Å². The SMILES string of the molecule is Cc1cc(Oc2c(C)cc(NC(=O)NC(=O)c3ccccc3Cl)c(C)c2Cl)c(C)cc1C#N. The summed E-state index contributed by atoms with van der Waals surface area (Å²) in [6, 6.07) is 13.1. The lowest BCUT2D eigenvalue weighted by Crippen LogP contribution is -2.34. The first kappa shape index (κ1) is 24.1. The quantitative estimate of drug-likeness (QED) is 0.425. The number of anilines is 1. The second kappa shape index (κ2) is 9.95. The fraction of sp³-hybridized carbons (Fsp3) is 0.160. The van der Waals surface area contributed by atoms with E-state index in [0.717, 1.165) is 11.1 Å². The highest BCUT2D eigenvalue weighted by Gasteiger charge is 2.19. The number of hydrogen-bond acceptors (Lipinski definition) is 4. The predicted octanol–water partition coefficient (Wildman–Crippen LogP) is 6.85. The molecule has 3 aromatic rings. The number of benzene rings is 3. The first-order valence-electron chi connectivity index (χ1n) is 9.98. The second-order valence-electron chi connectivity index (χ2n) is 7.54. The van der Waals surface area contributed by atoms with Gasteiger partial charge in [0.15, 0.2) is 0 Å². The van der Waals surface area contributed by atoms with Crippen LogP contribution in [0.5, 0.6) is 11.5 Å². The van der Waals surface area contributed by atoms with Gasteiger partial charge < -0.3 is 10.1 Å². The molecule has 168 valence electrons. The number of halogens is 2. The number of carbonyl (C=O) groups is 2. The van der Waals surface area contributed by atoms with E-state index in [1.807, 2.05) is 13.8 Å². The first-order chi connectivity index (χ1) is 15.6. The minimum absolute atomic E-state index is 0.192. The molecular formula is C25H21Cl2N3O3. The van der Waals surface area contributed by atoms with Crippen molar-refractivity contribution in [3.05, 3.63) is 85.9 Å². The number of ether oxygens (including phenoxy) is 1. The smallest absolute Gasteiger partial charge is 0.326 e. The zero-order valence-corrected chi connectivity index (χ0v) is 20.0. The van der Waals surface area contributed by atoms with Gasteiger partial charge in [-0.1, -0.05) is 35.3 Å². The molecule has 0 aliphatic rings. The number of nitrogens with zero attached hydrogens (tertiary/aromatic N) is 1. The van der Waals surface area contributed by atoms with E-state index in [1.165, 1.54) is 6.07 Å². The van der Waals surface area contributed by atoms with E-state index in [0.29, 0.717) is 38.9 Å². The molecule has 0 fully saturated rings. The van der Waals surface area contributed by atoms with Crippen LogP contribution in [0.25, 0.3) is 0 Å². The Hall–Kier alpha value is -3.53. The zero-order valence-electron chi connectivity index (χ0n) is 18.5. The van der Waals surface area contributed by atoms with Crippen molar-refractivity contribution in [1.82, 2.24) is 5.32 Å². The minimum Gasteiger partial charge on any atom is -0.455 e. The number of amides is 3. The molecule has 3 rings (SSSR count). The van der Waals surface area contributed by atoms with Crippen LogP contribution in [0.2, 0.25) is 10.0 Å². The third kappa shape index (κ3) is 5.28. The van der Waals surface area contributed by atoms with Gasteiger partial charge >= 0.3 is 6.03 Å². The summed E-state index contributed by atoms with van der Waals surface area (Å²) in [6.45, 7) is 7.21. The normalized spacial score (nSPS) is 10.3. The Balaban J connectivity index is 1.82. The summed E-state index contributed by atoms with van der Waals surface area (Å²) in [4.78, 5) is 24.7. The zero-order chi connectivity index (χ0) is 24.3. The van der Waals surface area contributed by atoms with Crippen LogP contribution in [0.1, 0.15) is 38.2 Å². The lowest BCUT2D eigenvalue weighted by molar-refractivity contribution is 0.0967. The van der Waals surface area contributed by atoms with Crippen LogP contribution >= 0.6 is 23.2 Å². The van der Waals surface area contributed by atoms with Gasteiger partial charge in [-0.3, -0.25) is 10.1 Å². The molecule has 0 heterocycles. The van der Waals surface area contributed by atoms with Crippen LogP contribution < -0.4 is 15.4 Å². The van der Waals surface area contributed by atoms with Gasteiger partial charge in [0, 0.05) is 5.69 Å². The molecule has 0 saturated carbocycles. The van der Waals surface area contributed by atoms with E-state index in [2.05, 4.69) is 16.7 Å². The van der Waals surface area contributed by atoms with Gasteiger partial charge in [0.25, 0.3) is 5.91 Å². The number of rotatable bonds is 4. The van der Waals surface area contributed by atoms with Crippen molar-refractivity contribution >= 4 is 40.8 Å². The maximum Gasteiger partial charge on any atom is 0.326 e. The predicted molar refractivity (Wildman–Crippen MR) is 130 cm³/mol. The molecule has 0 aliphatic heterocycles. The molecule has 2 N–H and O–H groups in total. The maximum absolute atomic E-state index is 12.4. The van der Waals surface area contributed by atoms with Crippen molar-refractivity contribution in [2.45, 2.75) is 27.7 Å². The summed E-state index contributed by atoms with van der Waals surface area (Å²) in [5, 5.41) is 14.7. The van der Waals surface area contributed by atoms with Crippen molar-refractivity contribution < 1.29 is 14.3 Å². The van der Waals surface area contributed by atoms with Crippen LogP contribution in [0.4, 0.5) is 10.5 Å². The lowest BCUT2D eigenvalue weighted by Gasteiger charge is -2.18. The monoisotopic (exact) mass is 481 g/mol. The first-order valence-corrected chi connectivity index (χ1v) is 10.7. The van der Waals surface area contributed by atoms with Gasteiger partial charge in [-0.2, -0.15) is 5.26 Å². The molecular weight excluding hydrogens is 461 g/mol. The molecule has 33 heavy (non-hydrogen) atoms. The molecule has 8 heteroatoms. The Morgan fingerprint density at radius 3 is 2.33 bits per heavy atom. The Labute approximate surface area is 202 Å². The van der Waals surface area contributed by atoms with Gasteiger partial charge in [0.2, 0.25) is 0 Å². The molecule has 0 bridgehead atoms. The molecule has 0 radical (unpaired) electrons. The van der Waals surface area contributed by atoms with Crippen LogP contribution in [0.3, 0.4) is 0 Å². The number of nitrogens with one attached hydrogen (secondary N) is 2. The Bertz CT molecular complexity index is 1310. The average molecular weight is 482 g/mol. The van der Waals surface area contributed by atoms with E-state index in [9.17, 15) is 14.9 Å². The topological polar surface area (TPSA) is 91.2 Å². The van der Waals surface area contributed by atoms with Crippen LogP contribution in [0.15, 0.2) is 42.5 Å². The molecule has 0 saturated heterocycles. The van der Waals surface area contributed by atoms with Crippen LogP contribution in [-0.4, -0.2) is 11.9 Å². The third-order valence-electron chi connectivity index (χ3n) is 5.10. The number of hydrogen-bond donors (Lipinski definition) is 2. The van der Waals surface area contributed by atoms with E-state index in [4.69, 9.17) is 27.9 Å². The van der Waals surface area contributed by atoms with Crippen molar-refractivity contribution in [3.63, 3.8) is 0 Å². The van der Waals surface area contributed by atoms with Gasteiger partial charge in [-0.15, -0.1) is 0 Å². The number of imide groups is 1. The standard InChI is InChI=1S/C25H21Cl2N3O3/c1-13-11-21(14(2)9-17(13)12-28)33-23-15(3)10-20(16(4)22(23)27)29-25(32)30-24(31)18-7-5-6-8-19(18)26/h5-11H,1-4H3,(H2,29,30,31,32). The van der Waals surface area contributed by atoms with Gasteiger partial charge in [0.1, 0.15) is 11.5 Å². The summed E-state index contributed by atoms with van der Waals surface area (Å²) in [5.41, 5.74) is 4.04. The molecule has 0 aliphatic carbocycles. The highest BCUT2D eigenvalue weighted by molar-refractivity contribution is 6.34. The molecule has 6 nitrogen and oxygen atoms in total. The molecule has 0 atom stereocenters. The van der Waals surface area contributed by atoms with E-state index >= 15 is 0 Å². The number of aryl methyl sites for hydroxylation is 3. The van der Waals surface area contributed by atoms with E-state index in [1.54, 1.807) is 50.2 Å². The largest absolute Gasteiger partial charge is 0.455 e. The van der Waals surface area contributed by atoms with Gasteiger partial charge in [0.05, 0.1) is 27.2 Å². The van der Waals surface area contributed by atoms with Crippen LogP contribution in [-0.2, 0) is 0 Å². The molecule has 0 unspecified atom stereocenters. The highest BCUT2D eigenvalue weighted by atomic mass is 35.5. The fourth-order valence-corrected chi connectivity index (χ4v) is 3.72. The number of urea groups is 1. The lowest BCUT2D eigenvalue weighted by atomic mass is 10.1. The molecule has 3 aromatic carbocycles. The fourth-order valence-electron chi connectivity index (χ4n) is 3.21. The molecule has 0 spiro atoms. The van der Waals surface area contributed by atoms with E-state index < -0.39 is 11.9 Å². The summed E-state index contributed by atoms with van der Waals surface area (Å²) >= 11 is 12.6. The third-order valence-corrected chi connectivity index (χ3v) is 5.88. The summed E-state index contributed by atoms with van der Waals surface area (Å²) < 4.78 is 6.09. The van der Waals surface area contributed by atoms with Crippen molar-refractivity contribution in [2.75, 3.05) is 5.32 Å². The second-order valence-corrected chi connectivity index (χ2v) is 8.33. The average Bonchev–Trinajstić information content (AvgIpc) is 2.77. The van der Waals surface area contributed by atoms with Crippen molar-refractivity contribution in [3.8, 4) is 17.6 Å². The Kier molecular flexibility index (Phi) is 7.27. The van der Waals surface area contributed by atoms with E-state index in [-0.39, 0.29) is 10.6 Å². The molecule has 0 aromatic heterocycles. The van der Waals surface area contributed by atoms with Crippen LogP contribution in [0, 0.1) is 39.0 Å².